The molecule has 0 aliphatic carbocycles. The van der Waals surface area contributed by atoms with Crippen LogP contribution >= 0.6 is 0 Å². The average Bonchev–Trinajstić information content (AvgIpc) is 2.93. The summed E-state index contributed by atoms with van der Waals surface area (Å²) in [6, 6.07) is 8.13. The van der Waals surface area contributed by atoms with E-state index in [1.807, 2.05) is 12.1 Å². The predicted molar refractivity (Wildman–Crippen MR) is 90.6 cm³/mol. The van der Waals surface area contributed by atoms with E-state index in [1.54, 1.807) is 6.20 Å². The number of anilines is 1. The van der Waals surface area contributed by atoms with Crippen molar-refractivity contribution < 1.29 is 5.11 Å². The third kappa shape index (κ3) is 2.73. The summed E-state index contributed by atoms with van der Waals surface area (Å²) >= 11 is 0. The fraction of sp³-hybridized carbons (Fsp3) is 0.294. The number of nitrogen functional groups attached to an aromatic ring is 1. The van der Waals surface area contributed by atoms with Crippen molar-refractivity contribution in [2.45, 2.75) is 25.7 Å². The number of nitrogens with zero attached hydrogens (tertiary/aromatic N) is 1. The highest BCUT2D eigenvalue weighted by Gasteiger charge is 2.20. The largest absolute Gasteiger partial charge is 0.395 e. The van der Waals surface area contributed by atoms with Crippen molar-refractivity contribution in [2.24, 2.45) is 0 Å². The van der Waals surface area contributed by atoms with Gasteiger partial charge in [-0.3, -0.25) is 9.78 Å². The Morgan fingerprint density at radius 2 is 1.87 bits per heavy atom. The van der Waals surface area contributed by atoms with Gasteiger partial charge >= 0.3 is 0 Å². The van der Waals surface area contributed by atoms with E-state index in [1.165, 1.54) is 5.56 Å². The number of hydrogen-bond acceptors (Lipinski definition) is 4. The van der Waals surface area contributed by atoms with Gasteiger partial charge in [0, 0.05) is 17.7 Å². The van der Waals surface area contributed by atoms with E-state index in [-0.39, 0.29) is 24.0 Å². The number of benzene rings is 1. The number of aromatic amines is 2. The second-order valence-electron chi connectivity index (χ2n) is 5.98. The molecule has 23 heavy (non-hydrogen) atoms. The third-order valence-electron chi connectivity index (χ3n) is 4.15. The topological polar surface area (TPSA) is 108 Å². The van der Waals surface area contributed by atoms with Crippen LogP contribution in [0, 0.1) is 0 Å². The van der Waals surface area contributed by atoms with Crippen molar-refractivity contribution in [3.05, 3.63) is 57.5 Å². The Kier molecular flexibility index (Phi) is 3.92. The molecule has 2 aromatic heterocycles. The van der Waals surface area contributed by atoms with Crippen molar-refractivity contribution in [1.82, 2.24) is 15.0 Å². The molecule has 3 aromatic rings. The van der Waals surface area contributed by atoms with Crippen molar-refractivity contribution in [2.75, 3.05) is 12.3 Å². The summed E-state index contributed by atoms with van der Waals surface area (Å²) in [6.45, 7) is 4.19. The molecule has 0 aliphatic rings. The number of aliphatic hydroxyl groups excluding tert-OH is 1. The van der Waals surface area contributed by atoms with E-state index in [9.17, 15) is 9.90 Å². The maximum absolute atomic E-state index is 11.9. The highest BCUT2D eigenvalue weighted by molar-refractivity contribution is 5.80. The van der Waals surface area contributed by atoms with Crippen molar-refractivity contribution in [3.63, 3.8) is 0 Å². The molecule has 0 aliphatic heterocycles. The Bertz CT molecular complexity index is 878. The number of nitrogens with one attached hydrogen (secondary N) is 2. The summed E-state index contributed by atoms with van der Waals surface area (Å²) in [4.78, 5) is 21.5. The van der Waals surface area contributed by atoms with Gasteiger partial charge in [-0.1, -0.05) is 38.1 Å². The summed E-state index contributed by atoms with van der Waals surface area (Å²) in [6.07, 6.45) is 1.71. The molecule has 1 atom stereocenters. The number of aliphatic hydroxyl groups is 1. The Labute approximate surface area is 133 Å². The van der Waals surface area contributed by atoms with Gasteiger partial charge in [0.2, 0.25) is 5.95 Å². The third-order valence-corrected chi connectivity index (χ3v) is 4.15. The molecule has 1 unspecified atom stereocenters. The summed E-state index contributed by atoms with van der Waals surface area (Å²) in [5.41, 5.74) is 9.17. The van der Waals surface area contributed by atoms with Gasteiger partial charge in [0.05, 0.1) is 6.61 Å². The van der Waals surface area contributed by atoms with Crippen LogP contribution in [0.25, 0.3) is 11.0 Å². The van der Waals surface area contributed by atoms with Gasteiger partial charge in [-0.15, -0.1) is 0 Å². The van der Waals surface area contributed by atoms with E-state index >= 15 is 0 Å². The molecule has 2 heterocycles. The van der Waals surface area contributed by atoms with Gasteiger partial charge in [-0.05, 0) is 17.0 Å². The molecule has 6 nitrogen and oxygen atoms in total. The monoisotopic (exact) mass is 312 g/mol. The van der Waals surface area contributed by atoms with E-state index in [4.69, 9.17) is 5.73 Å². The zero-order valence-corrected chi connectivity index (χ0v) is 13.1. The molecule has 6 heteroatoms. The van der Waals surface area contributed by atoms with Crippen LogP contribution in [0.1, 0.15) is 42.4 Å². The summed E-state index contributed by atoms with van der Waals surface area (Å²) in [5.74, 6) is 0.249. The first kappa shape index (κ1) is 15.3. The molecule has 5 N–H and O–H groups in total. The average molecular weight is 312 g/mol. The Balaban J connectivity index is 2.09. The lowest BCUT2D eigenvalue weighted by Crippen LogP contribution is -2.12. The van der Waals surface area contributed by atoms with E-state index < -0.39 is 0 Å². The first-order valence-electron chi connectivity index (χ1n) is 7.58. The zero-order chi connectivity index (χ0) is 16.6. The molecule has 0 radical (unpaired) electrons. The van der Waals surface area contributed by atoms with Gasteiger partial charge in [0.15, 0.2) is 0 Å². The number of nitrogens with two attached hydrogens (primary N) is 1. The van der Waals surface area contributed by atoms with Crippen LogP contribution in [0.15, 0.2) is 35.3 Å². The molecule has 0 saturated heterocycles. The molecule has 1 aromatic carbocycles. The molecule has 120 valence electrons. The van der Waals surface area contributed by atoms with Crippen LogP contribution in [0.3, 0.4) is 0 Å². The van der Waals surface area contributed by atoms with E-state index in [2.05, 4.69) is 40.9 Å². The maximum Gasteiger partial charge on any atom is 0.276 e. The Morgan fingerprint density at radius 1 is 1.22 bits per heavy atom. The SMILES string of the molecule is CC(C)c1ccc(C(CO)c2c[nH]c3c(=O)[nH]c(N)nc23)cc1. The highest BCUT2D eigenvalue weighted by Crippen LogP contribution is 2.29. The normalized spacial score (nSPS) is 12.9. The number of rotatable bonds is 4. The minimum Gasteiger partial charge on any atom is -0.395 e. The lowest BCUT2D eigenvalue weighted by Gasteiger charge is -2.15. The van der Waals surface area contributed by atoms with Crippen LogP contribution in [-0.4, -0.2) is 26.7 Å². The van der Waals surface area contributed by atoms with Crippen LogP contribution in [0.5, 0.6) is 0 Å². The maximum atomic E-state index is 11.9. The first-order chi connectivity index (χ1) is 11.0. The van der Waals surface area contributed by atoms with Crippen molar-refractivity contribution in [3.8, 4) is 0 Å². The summed E-state index contributed by atoms with van der Waals surface area (Å²) < 4.78 is 0. The second-order valence-corrected chi connectivity index (χ2v) is 5.98. The number of hydrogen-bond donors (Lipinski definition) is 4. The molecule has 0 saturated carbocycles. The number of fused-ring (bicyclic) bond motifs is 1. The van der Waals surface area contributed by atoms with Gasteiger partial charge in [0.25, 0.3) is 5.56 Å². The lowest BCUT2D eigenvalue weighted by atomic mass is 9.91. The Hall–Kier alpha value is -2.60. The van der Waals surface area contributed by atoms with Gasteiger partial charge < -0.3 is 15.8 Å². The number of H-pyrrole nitrogens is 2. The van der Waals surface area contributed by atoms with Crippen molar-refractivity contribution in [1.29, 1.82) is 0 Å². The van der Waals surface area contributed by atoms with E-state index in [0.717, 1.165) is 11.1 Å². The molecule has 3 rings (SSSR count). The molecular formula is C17H20N4O2. The summed E-state index contributed by atoms with van der Waals surface area (Å²) in [5, 5.41) is 9.87. The van der Waals surface area contributed by atoms with Crippen LogP contribution in [0.4, 0.5) is 5.95 Å². The summed E-state index contributed by atoms with van der Waals surface area (Å²) in [7, 11) is 0. The van der Waals surface area contributed by atoms with Gasteiger partial charge in [0.1, 0.15) is 11.0 Å². The van der Waals surface area contributed by atoms with Gasteiger partial charge in [-0.2, -0.15) is 0 Å². The van der Waals surface area contributed by atoms with Gasteiger partial charge in [-0.25, -0.2) is 4.98 Å². The fourth-order valence-electron chi connectivity index (χ4n) is 2.81. The predicted octanol–water partition coefficient (Wildman–Crippen LogP) is 2.08. The fourth-order valence-corrected chi connectivity index (χ4v) is 2.81. The molecule has 0 amide bonds. The minimum atomic E-state index is -0.314. The van der Waals surface area contributed by atoms with Crippen molar-refractivity contribution >= 4 is 17.0 Å². The highest BCUT2D eigenvalue weighted by atomic mass is 16.3. The number of aromatic nitrogens is 3. The molecular weight excluding hydrogens is 292 g/mol. The Morgan fingerprint density at radius 3 is 2.48 bits per heavy atom. The van der Waals surface area contributed by atoms with E-state index in [0.29, 0.717) is 17.0 Å². The smallest absolute Gasteiger partial charge is 0.276 e. The second kappa shape index (κ2) is 5.89. The van der Waals surface area contributed by atoms with Crippen LogP contribution < -0.4 is 11.3 Å². The lowest BCUT2D eigenvalue weighted by molar-refractivity contribution is 0.281. The van der Waals surface area contributed by atoms with Crippen LogP contribution in [-0.2, 0) is 0 Å². The standard InChI is InChI=1S/C17H20N4O2/c1-9(2)10-3-5-11(6-4-10)13(8-22)12-7-19-15-14(12)20-17(18)21-16(15)23/h3-7,9,13,19,22H,8H2,1-2H3,(H3,18,20,21,23). The minimum absolute atomic E-state index is 0.0650. The molecule has 0 bridgehead atoms. The molecule has 0 fully saturated rings. The quantitative estimate of drug-likeness (QED) is 0.591. The first-order valence-corrected chi connectivity index (χ1v) is 7.58. The molecule has 0 spiro atoms. The zero-order valence-electron chi connectivity index (χ0n) is 13.1. The van der Waals surface area contributed by atoms with Crippen LogP contribution in [0.2, 0.25) is 0 Å².